The molecule has 1 aliphatic rings. The molecule has 0 aromatic heterocycles. The molecular weight excluding hydrogens is 201 g/mol. The molecule has 1 nitrogen and oxygen atoms in total. The highest BCUT2D eigenvalue weighted by molar-refractivity contribution is 5.20. The van der Waals surface area contributed by atoms with Crippen LogP contribution in [-0.4, -0.2) is 0 Å². The Labute approximate surface area is 96.9 Å². The summed E-state index contributed by atoms with van der Waals surface area (Å²) in [6.07, 6.45) is 5.02. The number of benzene rings is 1. The second kappa shape index (κ2) is 4.96. The topological polar surface area (TPSA) is 26.0 Å². The van der Waals surface area contributed by atoms with Gasteiger partial charge in [-0.15, -0.1) is 0 Å². The largest absolute Gasteiger partial charge is 0.324 e. The first-order valence-electron chi connectivity index (χ1n) is 6.18. The highest BCUT2D eigenvalue weighted by Gasteiger charge is 2.25. The van der Waals surface area contributed by atoms with Crippen LogP contribution in [0.1, 0.15) is 44.2 Å². The van der Waals surface area contributed by atoms with Crippen LogP contribution in [0.4, 0.5) is 4.39 Å². The van der Waals surface area contributed by atoms with Gasteiger partial charge in [0.1, 0.15) is 5.82 Å². The molecule has 0 saturated heterocycles. The normalized spacial score (nSPS) is 27.7. The van der Waals surface area contributed by atoms with Gasteiger partial charge in [0.25, 0.3) is 0 Å². The number of halogens is 1. The molecule has 0 aliphatic heterocycles. The van der Waals surface area contributed by atoms with E-state index >= 15 is 0 Å². The van der Waals surface area contributed by atoms with E-state index in [2.05, 4.69) is 6.92 Å². The Morgan fingerprint density at radius 1 is 1.25 bits per heavy atom. The van der Waals surface area contributed by atoms with E-state index in [-0.39, 0.29) is 11.9 Å². The highest BCUT2D eigenvalue weighted by Crippen LogP contribution is 2.35. The van der Waals surface area contributed by atoms with Gasteiger partial charge < -0.3 is 5.73 Å². The molecule has 1 aromatic rings. The fourth-order valence-electron chi connectivity index (χ4n) is 2.76. The van der Waals surface area contributed by atoms with E-state index in [0.717, 1.165) is 11.5 Å². The van der Waals surface area contributed by atoms with Crippen LogP contribution in [-0.2, 0) is 0 Å². The van der Waals surface area contributed by atoms with Gasteiger partial charge in [0, 0.05) is 6.04 Å². The van der Waals surface area contributed by atoms with Gasteiger partial charge in [-0.1, -0.05) is 31.9 Å². The van der Waals surface area contributed by atoms with E-state index in [1.165, 1.54) is 37.8 Å². The Hall–Kier alpha value is -0.890. The molecular formula is C14H20FN. The third-order valence-corrected chi connectivity index (χ3v) is 3.74. The SMILES string of the molecule is CC1CCCC(C(N)c2ccc(F)cc2)C1. The summed E-state index contributed by atoms with van der Waals surface area (Å²) in [7, 11) is 0. The van der Waals surface area contributed by atoms with Crippen molar-refractivity contribution in [2.75, 3.05) is 0 Å². The maximum atomic E-state index is 12.8. The molecule has 0 bridgehead atoms. The van der Waals surface area contributed by atoms with Gasteiger partial charge in [0.2, 0.25) is 0 Å². The van der Waals surface area contributed by atoms with Crippen molar-refractivity contribution in [2.24, 2.45) is 17.6 Å². The number of nitrogens with two attached hydrogens (primary N) is 1. The fourth-order valence-corrected chi connectivity index (χ4v) is 2.76. The molecule has 0 amide bonds. The van der Waals surface area contributed by atoms with Crippen molar-refractivity contribution < 1.29 is 4.39 Å². The second-order valence-corrected chi connectivity index (χ2v) is 5.11. The van der Waals surface area contributed by atoms with Gasteiger partial charge in [0.15, 0.2) is 0 Å². The van der Waals surface area contributed by atoms with Crippen LogP contribution >= 0.6 is 0 Å². The molecule has 88 valence electrons. The molecule has 2 N–H and O–H groups in total. The Morgan fingerprint density at radius 2 is 1.94 bits per heavy atom. The molecule has 3 atom stereocenters. The number of hydrogen-bond acceptors (Lipinski definition) is 1. The van der Waals surface area contributed by atoms with E-state index in [1.54, 1.807) is 0 Å². The summed E-state index contributed by atoms with van der Waals surface area (Å²) in [4.78, 5) is 0. The van der Waals surface area contributed by atoms with E-state index in [4.69, 9.17) is 5.73 Å². The zero-order chi connectivity index (χ0) is 11.5. The summed E-state index contributed by atoms with van der Waals surface area (Å²) < 4.78 is 12.8. The van der Waals surface area contributed by atoms with Crippen molar-refractivity contribution in [1.82, 2.24) is 0 Å². The van der Waals surface area contributed by atoms with Crippen molar-refractivity contribution in [3.05, 3.63) is 35.6 Å². The molecule has 1 fully saturated rings. The first-order chi connectivity index (χ1) is 7.66. The first kappa shape index (κ1) is 11.6. The molecule has 1 saturated carbocycles. The number of rotatable bonds is 2. The lowest BCUT2D eigenvalue weighted by Crippen LogP contribution is -2.26. The van der Waals surface area contributed by atoms with Crippen LogP contribution in [0.2, 0.25) is 0 Å². The lowest BCUT2D eigenvalue weighted by atomic mass is 9.77. The van der Waals surface area contributed by atoms with E-state index in [0.29, 0.717) is 5.92 Å². The summed E-state index contributed by atoms with van der Waals surface area (Å²) >= 11 is 0. The number of hydrogen-bond donors (Lipinski definition) is 1. The molecule has 1 aromatic carbocycles. The van der Waals surface area contributed by atoms with Gasteiger partial charge in [-0.2, -0.15) is 0 Å². The Morgan fingerprint density at radius 3 is 2.56 bits per heavy atom. The van der Waals surface area contributed by atoms with Crippen LogP contribution in [0.25, 0.3) is 0 Å². The summed E-state index contributed by atoms with van der Waals surface area (Å²) in [5, 5.41) is 0. The second-order valence-electron chi connectivity index (χ2n) is 5.11. The predicted octanol–water partition coefficient (Wildman–Crippen LogP) is 3.65. The predicted molar refractivity (Wildman–Crippen MR) is 64.5 cm³/mol. The average Bonchev–Trinajstić information content (AvgIpc) is 2.29. The Kier molecular flexibility index (Phi) is 3.59. The van der Waals surface area contributed by atoms with Crippen molar-refractivity contribution >= 4 is 0 Å². The first-order valence-corrected chi connectivity index (χ1v) is 6.18. The third kappa shape index (κ3) is 2.62. The summed E-state index contributed by atoms with van der Waals surface area (Å²) in [5.41, 5.74) is 7.33. The molecule has 0 spiro atoms. The molecule has 16 heavy (non-hydrogen) atoms. The standard InChI is InChI=1S/C14H20FN/c1-10-3-2-4-12(9-10)14(16)11-5-7-13(15)8-6-11/h5-8,10,12,14H,2-4,9,16H2,1H3. The van der Waals surface area contributed by atoms with E-state index in [1.807, 2.05) is 12.1 Å². The quantitative estimate of drug-likeness (QED) is 0.810. The molecule has 3 unspecified atom stereocenters. The van der Waals surface area contributed by atoms with Gasteiger partial charge in [-0.05, 0) is 42.4 Å². The smallest absolute Gasteiger partial charge is 0.123 e. The highest BCUT2D eigenvalue weighted by atomic mass is 19.1. The van der Waals surface area contributed by atoms with Gasteiger partial charge >= 0.3 is 0 Å². The minimum atomic E-state index is -0.187. The maximum Gasteiger partial charge on any atom is 0.123 e. The van der Waals surface area contributed by atoms with Crippen LogP contribution in [0.3, 0.4) is 0 Å². The van der Waals surface area contributed by atoms with Crippen LogP contribution in [0.15, 0.2) is 24.3 Å². The molecule has 1 aliphatic carbocycles. The van der Waals surface area contributed by atoms with Crippen LogP contribution < -0.4 is 5.73 Å². The van der Waals surface area contributed by atoms with Crippen molar-refractivity contribution in [3.63, 3.8) is 0 Å². The molecule has 0 radical (unpaired) electrons. The summed E-state index contributed by atoms with van der Waals surface area (Å²) in [6, 6.07) is 6.71. The molecule has 2 heteroatoms. The third-order valence-electron chi connectivity index (χ3n) is 3.74. The fraction of sp³-hybridized carbons (Fsp3) is 0.571. The minimum Gasteiger partial charge on any atom is -0.324 e. The van der Waals surface area contributed by atoms with Crippen molar-refractivity contribution in [3.8, 4) is 0 Å². The lowest BCUT2D eigenvalue weighted by Gasteiger charge is -2.31. The maximum absolute atomic E-state index is 12.8. The van der Waals surface area contributed by atoms with Crippen molar-refractivity contribution in [2.45, 2.75) is 38.6 Å². The Balaban J connectivity index is 2.06. The Bertz CT molecular complexity index is 333. The zero-order valence-electron chi connectivity index (χ0n) is 9.83. The summed E-state index contributed by atoms with van der Waals surface area (Å²) in [5.74, 6) is 1.16. The lowest BCUT2D eigenvalue weighted by molar-refractivity contribution is 0.248. The van der Waals surface area contributed by atoms with Gasteiger partial charge in [0.05, 0.1) is 0 Å². The average molecular weight is 221 g/mol. The van der Waals surface area contributed by atoms with E-state index < -0.39 is 0 Å². The van der Waals surface area contributed by atoms with Crippen LogP contribution in [0, 0.1) is 17.7 Å². The molecule has 2 rings (SSSR count). The van der Waals surface area contributed by atoms with E-state index in [9.17, 15) is 4.39 Å². The summed E-state index contributed by atoms with van der Waals surface area (Å²) in [6.45, 7) is 2.30. The van der Waals surface area contributed by atoms with Crippen molar-refractivity contribution in [1.29, 1.82) is 0 Å². The van der Waals surface area contributed by atoms with Gasteiger partial charge in [-0.3, -0.25) is 0 Å². The van der Waals surface area contributed by atoms with Crippen LogP contribution in [0.5, 0.6) is 0 Å². The minimum absolute atomic E-state index is 0.0725. The monoisotopic (exact) mass is 221 g/mol. The van der Waals surface area contributed by atoms with Gasteiger partial charge in [-0.25, -0.2) is 4.39 Å². The zero-order valence-corrected chi connectivity index (χ0v) is 9.83. The molecule has 0 heterocycles.